The summed E-state index contributed by atoms with van der Waals surface area (Å²) in [5.41, 5.74) is -1.07. The molecule has 0 atom stereocenters. The van der Waals surface area contributed by atoms with E-state index in [0.717, 1.165) is 22.9 Å². The number of benzene rings is 2. The van der Waals surface area contributed by atoms with Crippen LogP contribution in [-0.2, 0) is 0 Å². The van der Waals surface area contributed by atoms with E-state index in [4.69, 9.17) is 0 Å². The fourth-order valence-corrected chi connectivity index (χ4v) is 2.56. The molecule has 1 heterocycles. The van der Waals surface area contributed by atoms with Crippen LogP contribution in [0.4, 0.5) is 10.1 Å². The zero-order chi connectivity index (χ0) is 18.0. The maximum Gasteiger partial charge on any atom is 0.335 e. The van der Waals surface area contributed by atoms with E-state index in [9.17, 15) is 19.1 Å². The average molecular weight is 404 g/mol. The Bertz CT molecular complexity index is 1070. The normalized spacial score (nSPS) is 11.1. The summed E-state index contributed by atoms with van der Waals surface area (Å²) in [5.74, 6) is -1.08. The number of nitrogens with zero attached hydrogens (tertiary/aromatic N) is 2. The second kappa shape index (κ2) is 6.86. The monoisotopic (exact) mass is 403 g/mol. The molecule has 6 nitrogen and oxygen atoms in total. The topological polar surface area (TPSA) is 87.5 Å². The maximum atomic E-state index is 13.1. The number of hydrogen-bond acceptors (Lipinski definition) is 4. The van der Waals surface area contributed by atoms with E-state index in [-0.39, 0.29) is 11.3 Å². The van der Waals surface area contributed by atoms with Gasteiger partial charge in [-0.15, -0.1) is 0 Å². The summed E-state index contributed by atoms with van der Waals surface area (Å²) >= 11 is 3.32. The molecule has 8 heteroatoms. The van der Waals surface area contributed by atoms with Crippen molar-refractivity contribution >= 4 is 27.8 Å². The molecule has 0 amide bonds. The number of halogens is 2. The van der Waals surface area contributed by atoms with Crippen molar-refractivity contribution in [3.63, 3.8) is 0 Å². The molecule has 1 aromatic heterocycles. The number of para-hydroxylation sites is 1. The van der Waals surface area contributed by atoms with Crippen LogP contribution in [0.1, 0.15) is 5.56 Å². The number of aromatic nitrogens is 2. The zero-order valence-corrected chi connectivity index (χ0v) is 14.2. The van der Waals surface area contributed by atoms with Crippen LogP contribution < -0.4 is 11.2 Å². The van der Waals surface area contributed by atoms with Crippen molar-refractivity contribution in [2.75, 3.05) is 0 Å². The van der Waals surface area contributed by atoms with E-state index in [1.807, 2.05) is 6.07 Å². The smallest absolute Gasteiger partial charge is 0.335 e. The minimum atomic E-state index is -0.841. The molecule has 0 spiro atoms. The largest absolute Gasteiger partial charge is 0.493 e. The summed E-state index contributed by atoms with van der Waals surface area (Å²) < 4.78 is 14.6. The molecule has 0 radical (unpaired) electrons. The van der Waals surface area contributed by atoms with Gasteiger partial charge in [0.1, 0.15) is 11.4 Å². The molecule has 126 valence electrons. The highest BCUT2D eigenvalue weighted by atomic mass is 79.9. The lowest BCUT2D eigenvalue weighted by molar-refractivity contribution is 0.430. The van der Waals surface area contributed by atoms with Crippen molar-refractivity contribution in [2.45, 2.75) is 0 Å². The molecule has 0 aliphatic heterocycles. The van der Waals surface area contributed by atoms with Gasteiger partial charge in [0.05, 0.1) is 11.4 Å². The van der Waals surface area contributed by atoms with Gasteiger partial charge in [-0.25, -0.2) is 13.8 Å². The van der Waals surface area contributed by atoms with Gasteiger partial charge in [-0.2, -0.15) is 0 Å². The van der Waals surface area contributed by atoms with Crippen LogP contribution in [0.5, 0.6) is 5.88 Å². The summed E-state index contributed by atoms with van der Waals surface area (Å²) in [6.07, 6.45) is 1.16. The summed E-state index contributed by atoms with van der Waals surface area (Å²) in [5, 5.41) is 10.4. The first-order valence-corrected chi connectivity index (χ1v) is 7.89. The summed E-state index contributed by atoms with van der Waals surface area (Å²) in [7, 11) is 0. The van der Waals surface area contributed by atoms with Crippen molar-refractivity contribution in [1.29, 1.82) is 0 Å². The second-order valence-corrected chi connectivity index (χ2v) is 5.87. The summed E-state index contributed by atoms with van der Waals surface area (Å²) in [6, 6.07) is 12.0. The lowest BCUT2D eigenvalue weighted by Crippen LogP contribution is -2.31. The molecule has 2 N–H and O–H groups in total. The first-order valence-electron chi connectivity index (χ1n) is 7.10. The molecule has 25 heavy (non-hydrogen) atoms. The highest BCUT2D eigenvalue weighted by Crippen LogP contribution is 2.24. The van der Waals surface area contributed by atoms with Crippen molar-refractivity contribution in [1.82, 2.24) is 9.55 Å². The van der Waals surface area contributed by atoms with Crippen molar-refractivity contribution in [3.8, 4) is 11.6 Å². The minimum Gasteiger partial charge on any atom is -0.493 e. The highest BCUT2D eigenvalue weighted by Gasteiger charge is 2.14. The molecule has 0 aliphatic carbocycles. The van der Waals surface area contributed by atoms with E-state index >= 15 is 0 Å². The minimum absolute atomic E-state index is 0.195. The number of aromatic hydroxyl groups is 1. The Morgan fingerprint density at radius 1 is 1.12 bits per heavy atom. The lowest BCUT2D eigenvalue weighted by Gasteiger charge is -2.09. The van der Waals surface area contributed by atoms with E-state index in [0.29, 0.717) is 10.2 Å². The van der Waals surface area contributed by atoms with Crippen LogP contribution in [0.25, 0.3) is 5.69 Å². The Morgan fingerprint density at radius 3 is 2.48 bits per heavy atom. The first kappa shape index (κ1) is 16.8. The third-order valence-corrected chi connectivity index (χ3v) is 4.06. The Labute approximate surface area is 149 Å². The van der Waals surface area contributed by atoms with Crippen LogP contribution in [0.3, 0.4) is 0 Å². The highest BCUT2D eigenvalue weighted by molar-refractivity contribution is 9.10. The van der Waals surface area contributed by atoms with Gasteiger partial charge in [0.15, 0.2) is 0 Å². The van der Waals surface area contributed by atoms with Gasteiger partial charge in [0.25, 0.3) is 5.56 Å². The van der Waals surface area contributed by atoms with Crippen molar-refractivity contribution in [3.05, 3.63) is 85.2 Å². The van der Waals surface area contributed by atoms with Crippen LogP contribution in [0.15, 0.2) is 67.6 Å². The molecule has 0 unspecified atom stereocenters. The Balaban J connectivity index is 2.14. The molecule has 3 aromatic rings. The SMILES string of the molecule is O=c1[nH]c(=O)n(-c2ccc(F)cc2)c(O)c1C=Nc1ccccc1Br. The van der Waals surface area contributed by atoms with Gasteiger partial charge < -0.3 is 5.11 Å². The molecule has 0 fully saturated rings. The number of rotatable bonds is 3. The van der Waals surface area contributed by atoms with Crippen LogP contribution in [0.2, 0.25) is 0 Å². The van der Waals surface area contributed by atoms with Crippen LogP contribution >= 0.6 is 15.9 Å². The average Bonchev–Trinajstić information content (AvgIpc) is 2.57. The molecular weight excluding hydrogens is 393 g/mol. The van der Waals surface area contributed by atoms with Gasteiger partial charge >= 0.3 is 5.69 Å². The number of H-pyrrole nitrogens is 1. The van der Waals surface area contributed by atoms with Gasteiger partial charge in [-0.1, -0.05) is 12.1 Å². The Hall–Kier alpha value is -3.00. The standard InChI is InChI=1S/C17H11BrFN3O3/c18-13-3-1-2-4-14(13)20-9-12-15(23)21-17(25)22(16(12)24)11-7-5-10(19)6-8-11/h1-9,24H,(H,21,23,25). The molecule has 0 saturated carbocycles. The molecule has 2 aromatic carbocycles. The van der Waals surface area contributed by atoms with Crippen LogP contribution in [0, 0.1) is 5.82 Å². The van der Waals surface area contributed by atoms with Crippen molar-refractivity contribution in [2.24, 2.45) is 4.99 Å². The molecule has 3 rings (SSSR count). The predicted molar refractivity (Wildman–Crippen MR) is 95.7 cm³/mol. The first-order chi connectivity index (χ1) is 12.0. The molecule has 0 bridgehead atoms. The van der Waals surface area contributed by atoms with Gasteiger partial charge in [-0.05, 0) is 52.3 Å². The van der Waals surface area contributed by atoms with E-state index < -0.39 is 22.9 Å². The van der Waals surface area contributed by atoms with Gasteiger partial charge in [0, 0.05) is 10.7 Å². The van der Waals surface area contributed by atoms with Crippen molar-refractivity contribution < 1.29 is 9.50 Å². The quantitative estimate of drug-likeness (QED) is 0.659. The number of hydrogen-bond donors (Lipinski definition) is 2. The third kappa shape index (κ3) is 3.43. The Kier molecular flexibility index (Phi) is 4.62. The lowest BCUT2D eigenvalue weighted by atomic mass is 10.2. The molecule has 0 aliphatic rings. The summed E-state index contributed by atoms with van der Waals surface area (Å²) in [6.45, 7) is 0. The molecule has 0 saturated heterocycles. The predicted octanol–water partition coefficient (Wildman–Crippen LogP) is 2.88. The fourth-order valence-electron chi connectivity index (χ4n) is 2.18. The van der Waals surface area contributed by atoms with E-state index in [1.165, 1.54) is 12.1 Å². The second-order valence-electron chi connectivity index (χ2n) is 5.02. The molecular formula is C17H11BrFN3O3. The van der Waals surface area contributed by atoms with E-state index in [1.54, 1.807) is 18.2 Å². The number of aromatic amines is 1. The summed E-state index contributed by atoms with van der Waals surface area (Å²) in [4.78, 5) is 30.3. The van der Waals surface area contributed by atoms with Gasteiger partial charge in [-0.3, -0.25) is 14.8 Å². The number of aliphatic imine (C=N–C) groups is 1. The van der Waals surface area contributed by atoms with Gasteiger partial charge in [0.2, 0.25) is 5.88 Å². The fraction of sp³-hybridized carbons (Fsp3) is 0. The van der Waals surface area contributed by atoms with E-state index in [2.05, 4.69) is 25.9 Å². The third-order valence-electron chi connectivity index (χ3n) is 3.39. The number of nitrogens with one attached hydrogen (secondary N) is 1. The van der Waals surface area contributed by atoms with Crippen LogP contribution in [-0.4, -0.2) is 20.9 Å². The maximum absolute atomic E-state index is 13.1. The zero-order valence-electron chi connectivity index (χ0n) is 12.6. The Morgan fingerprint density at radius 2 is 1.80 bits per heavy atom.